The number of hydrogen-bond acceptors (Lipinski definition) is 3. The van der Waals surface area contributed by atoms with E-state index in [0.717, 1.165) is 29.4 Å². The highest BCUT2D eigenvalue weighted by molar-refractivity contribution is 7.95. The minimum absolute atomic E-state index is 0.753. The molecule has 20 heavy (non-hydrogen) atoms. The molecule has 0 saturated heterocycles. The second-order valence-corrected chi connectivity index (χ2v) is 5.77. The normalized spacial score (nSPS) is 12.4. The lowest BCUT2D eigenvalue weighted by Crippen LogP contribution is -1.83. The molecule has 0 spiro atoms. The fourth-order valence-electron chi connectivity index (χ4n) is 2.44. The van der Waals surface area contributed by atoms with Crippen LogP contribution in [0.15, 0.2) is 47.4 Å². The average molecular weight is 282 g/mol. The summed E-state index contributed by atoms with van der Waals surface area (Å²) in [7, 11) is 0. The zero-order chi connectivity index (χ0) is 13.5. The summed E-state index contributed by atoms with van der Waals surface area (Å²) in [5.74, 6) is 1.96. The van der Waals surface area contributed by atoms with E-state index in [-0.39, 0.29) is 0 Å². The maximum atomic E-state index is 5.64. The highest BCUT2D eigenvalue weighted by atomic mass is 32.2. The number of fused-ring (bicyclic) bond motifs is 3. The van der Waals surface area contributed by atoms with Gasteiger partial charge in [0.25, 0.3) is 0 Å². The Morgan fingerprint density at radius 2 is 1.85 bits per heavy atom. The van der Waals surface area contributed by atoms with Gasteiger partial charge in [-0.2, -0.15) is 0 Å². The van der Waals surface area contributed by atoms with Gasteiger partial charge in [0.2, 0.25) is 0 Å². The Labute approximate surface area is 121 Å². The summed E-state index contributed by atoms with van der Waals surface area (Å²) in [6.07, 6.45) is 1.02. The van der Waals surface area contributed by atoms with Crippen LogP contribution >= 0.6 is 12.0 Å². The minimum Gasteiger partial charge on any atom is -0.448 e. The molecule has 0 unspecified atom stereocenters. The molecule has 0 atom stereocenters. The molecule has 0 fully saturated rings. The van der Waals surface area contributed by atoms with Crippen LogP contribution in [0.3, 0.4) is 0 Å². The monoisotopic (exact) mass is 282 g/mol. The Bertz CT molecular complexity index is 811. The summed E-state index contributed by atoms with van der Waals surface area (Å²) in [5, 5.41) is 4.92. The minimum atomic E-state index is 0.753. The van der Waals surface area contributed by atoms with E-state index in [1.165, 1.54) is 33.6 Å². The molecule has 3 heteroatoms. The molecule has 0 N–H and O–H groups in total. The molecule has 0 saturated carbocycles. The predicted molar refractivity (Wildman–Crippen MR) is 83.6 cm³/mol. The molecule has 100 valence electrons. The molecule has 0 radical (unpaired) electrons. The summed E-state index contributed by atoms with van der Waals surface area (Å²) < 4.78 is 11.2. The molecule has 0 aromatic heterocycles. The third-order valence-electron chi connectivity index (χ3n) is 3.48. The zero-order valence-corrected chi connectivity index (χ0v) is 12.0. The number of hydrogen-bond donors (Lipinski definition) is 0. The third-order valence-corrected chi connectivity index (χ3v) is 4.34. The van der Waals surface area contributed by atoms with Gasteiger partial charge in [-0.1, -0.05) is 31.2 Å². The average Bonchev–Trinajstić information content (AvgIpc) is 3.23. The maximum absolute atomic E-state index is 5.64. The van der Waals surface area contributed by atoms with Crippen molar-refractivity contribution in [3.8, 4) is 11.5 Å². The van der Waals surface area contributed by atoms with E-state index in [1.54, 1.807) is 0 Å². The smallest absolute Gasteiger partial charge is 0.186 e. The summed E-state index contributed by atoms with van der Waals surface area (Å²) in [6, 6.07) is 15.0. The van der Waals surface area contributed by atoms with Crippen LogP contribution in [-0.4, -0.2) is 6.61 Å². The molecule has 2 nitrogen and oxygen atoms in total. The van der Waals surface area contributed by atoms with Gasteiger partial charge in [-0.25, -0.2) is 0 Å². The largest absolute Gasteiger partial charge is 0.448 e. The third kappa shape index (κ3) is 1.94. The van der Waals surface area contributed by atoms with Crippen molar-refractivity contribution in [2.75, 3.05) is 6.61 Å². The van der Waals surface area contributed by atoms with E-state index >= 15 is 0 Å². The van der Waals surface area contributed by atoms with Gasteiger partial charge in [0.05, 0.1) is 11.5 Å². The molecule has 3 aromatic rings. The van der Waals surface area contributed by atoms with Crippen LogP contribution in [0.25, 0.3) is 21.5 Å². The van der Waals surface area contributed by atoms with Gasteiger partial charge in [-0.05, 0) is 40.8 Å². The topological polar surface area (TPSA) is 21.8 Å². The molecular formula is C17H14O2S. The fourth-order valence-corrected chi connectivity index (χ4v) is 3.29. The van der Waals surface area contributed by atoms with Crippen molar-refractivity contribution >= 4 is 33.6 Å². The summed E-state index contributed by atoms with van der Waals surface area (Å²) in [4.78, 5) is 1.11. The first kappa shape index (κ1) is 12.1. The first-order valence-corrected chi connectivity index (χ1v) is 7.58. The first-order valence-electron chi connectivity index (χ1n) is 6.83. The second kappa shape index (κ2) is 4.69. The van der Waals surface area contributed by atoms with Gasteiger partial charge in [0.1, 0.15) is 0 Å². The fraction of sp³-hybridized carbons (Fsp3) is 0.176. The number of benzene rings is 3. The highest BCUT2D eigenvalue weighted by Crippen LogP contribution is 2.55. The summed E-state index contributed by atoms with van der Waals surface area (Å²) in [5.41, 5.74) is 0. The molecular weight excluding hydrogens is 268 g/mol. The quantitative estimate of drug-likeness (QED) is 0.212. The van der Waals surface area contributed by atoms with E-state index in [1.807, 2.05) is 0 Å². The number of rotatable bonds is 4. The standard InChI is InChI=1S/C17H14O2S/c1-2-7-18-20-17-14-9-12-6-4-3-5-11(12)8-13(14)10-15-16(17)19-15/h3-6,8-10H,2,7H2,1H3. The van der Waals surface area contributed by atoms with Crippen molar-refractivity contribution < 1.29 is 8.92 Å². The molecule has 0 aliphatic carbocycles. The van der Waals surface area contributed by atoms with Gasteiger partial charge >= 0.3 is 0 Å². The Balaban J connectivity index is 1.89. The predicted octanol–water partition coefficient (Wildman–Crippen LogP) is 5.53. The molecule has 1 aliphatic rings. The SMILES string of the molecule is CCCOSc1c2c(cc3cc4ccccc4cc13)O2. The van der Waals surface area contributed by atoms with Crippen molar-refractivity contribution in [3.05, 3.63) is 42.5 Å². The van der Waals surface area contributed by atoms with Gasteiger partial charge in [0, 0.05) is 17.4 Å². The molecule has 4 rings (SSSR count). The molecule has 1 heterocycles. The van der Waals surface area contributed by atoms with Crippen LogP contribution in [-0.2, 0) is 4.18 Å². The molecule has 1 aliphatic heterocycles. The van der Waals surface area contributed by atoms with Crippen molar-refractivity contribution in [3.63, 3.8) is 0 Å². The van der Waals surface area contributed by atoms with Crippen LogP contribution in [0, 0.1) is 0 Å². The summed E-state index contributed by atoms with van der Waals surface area (Å²) in [6.45, 7) is 2.86. The van der Waals surface area contributed by atoms with E-state index in [4.69, 9.17) is 8.92 Å². The summed E-state index contributed by atoms with van der Waals surface area (Å²) >= 11 is 1.44. The van der Waals surface area contributed by atoms with Crippen molar-refractivity contribution in [1.29, 1.82) is 0 Å². The van der Waals surface area contributed by atoms with E-state index in [2.05, 4.69) is 49.4 Å². The van der Waals surface area contributed by atoms with Crippen molar-refractivity contribution in [2.24, 2.45) is 0 Å². The molecule has 3 aromatic carbocycles. The lowest BCUT2D eigenvalue weighted by molar-refractivity contribution is 0.373. The Hall–Kier alpha value is -1.71. The second-order valence-electron chi connectivity index (χ2n) is 4.96. The van der Waals surface area contributed by atoms with Gasteiger partial charge < -0.3 is 8.92 Å². The maximum Gasteiger partial charge on any atom is 0.186 e. The Morgan fingerprint density at radius 3 is 2.65 bits per heavy atom. The van der Waals surface area contributed by atoms with E-state index < -0.39 is 0 Å². The van der Waals surface area contributed by atoms with Crippen LogP contribution in [0.4, 0.5) is 0 Å². The molecule has 0 bridgehead atoms. The van der Waals surface area contributed by atoms with Crippen LogP contribution in [0.2, 0.25) is 0 Å². The van der Waals surface area contributed by atoms with Crippen LogP contribution in [0.5, 0.6) is 11.5 Å². The van der Waals surface area contributed by atoms with Gasteiger partial charge in [-0.3, -0.25) is 0 Å². The highest BCUT2D eigenvalue weighted by Gasteiger charge is 2.28. The van der Waals surface area contributed by atoms with Gasteiger partial charge in [0.15, 0.2) is 11.5 Å². The molecule has 0 amide bonds. The Morgan fingerprint density at radius 1 is 1.05 bits per heavy atom. The lowest BCUT2D eigenvalue weighted by atomic mass is 10.0. The van der Waals surface area contributed by atoms with Crippen LogP contribution in [0.1, 0.15) is 13.3 Å². The lowest BCUT2D eigenvalue weighted by Gasteiger charge is -2.05. The van der Waals surface area contributed by atoms with Crippen molar-refractivity contribution in [2.45, 2.75) is 18.2 Å². The van der Waals surface area contributed by atoms with Gasteiger partial charge in [-0.15, -0.1) is 0 Å². The van der Waals surface area contributed by atoms with Crippen LogP contribution < -0.4 is 4.74 Å². The van der Waals surface area contributed by atoms with E-state index in [9.17, 15) is 0 Å². The van der Waals surface area contributed by atoms with Crippen molar-refractivity contribution in [1.82, 2.24) is 0 Å². The zero-order valence-electron chi connectivity index (χ0n) is 11.2. The van der Waals surface area contributed by atoms with E-state index in [0.29, 0.717) is 0 Å². The Kier molecular flexibility index (Phi) is 2.83. The first-order chi connectivity index (χ1) is 9.86. The number of ether oxygens (including phenoxy) is 1.